The average Bonchev–Trinajstić information content (AvgIpc) is 3.10. The van der Waals surface area contributed by atoms with Crippen molar-refractivity contribution in [1.82, 2.24) is 10.2 Å². The van der Waals surface area contributed by atoms with Crippen molar-refractivity contribution in [3.8, 4) is 5.75 Å². The van der Waals surface area contributed by atoms with E-state index in [0.29, 0.717) is 30.0 Å². The topological polar surface area (TPSA) is 91.0 Å². The monoisotopic (exact) mass is 484 g/mol. The van der Waals surface area contributed by atoms with E-state index in [2.05, 4.69) is 10.6 Å². The highest BCUT2D eigenvalue weighted by Crippen LogP contribution is 2.41. The predicted octanol–water partition coefficient (Wildman–Crippen LogP) is 4.40. The number of para-hydroxylation sites is 2. The van der Waals surface area contributed by atoms with Gasteiger partial charge in [-0.2, -0.15) is 0 Å². The molecule has 0 bridgehead atoms. The van der Waals surface area contributed by atoms with Gasteiger partial charge in [0.1, 0.15) is 12.3 Å². The molecule has 1 fully saturated rings. The van der Waals surface area contributed by atoms with Crippen LogP contribution in [0.15, 0.2) is 78.9 Å². The number of hydrogen-bond acceptors (Lipinski definition) is 5. The second-order valence-electron chi connectivity index (χ2n) is 9.22. The molecule has 3 aromatic rings. The molecule has 2 heterocycles. The molecule has 2 N–H and O–H groups in total. The van der Waals surface area contributed by atoms with Gasteiger partial charge < -0.3 is 20.3 Å². The minimum Gasteiger partial charge on any atom is -0.493 e. The summed E-state index contributed by atoms with van der Waals surface area (Å²) in [5, 5.41) is 6.17. The number of fused-ring (bicyclic) bond motifs is 2. The number of anilines is 3. The highest BCUT2D eigenvalue weighted by molar-refractivity contribution is 6.11. The molecule has 0 radical (unpaired) electrons. The maximum Gasteiger partial charge on any atom is 0.325 e. The number of nitrogens with one attached hydrogen (secondary N) is 2. The first kappa shape index (κ1) is 23.4. The molecule has 8 heteroatoms. The Labute approximate surface area is 209 Å². The van der Waals surface area contributed by atoms with E-state index in [1.807, 2.05) is 74.5 Å². The Kier molecular flexibility index (Phi) is 6.10. The quantitative estimate of drug-likeness (QED) is 0.506. The Bertz CT molecular complexity index is 1290. The third kappa shape index (κ3) is 4.15. The van der Waals surface area contributed by atoms with Crippen molar-refractivity contribution in [2.45, 2.75) is 31.8 Å². The molecule has 3 aromatic carbocycles. The molecule has 1 spiro atoms. The number of benzene rings is 3. The van der Waals surface area contributed by atoms with Crippen LogP contribution in [0.5, 0.6) is 5.75 Å². The van der Waals surface area contributed by atoms with Gasteiger partial charge in [0.25, 0.3) is 5.91 Å². The van der Waals surface area contributed by atoms with Crippen LogP contribution in [0.2, 0.25) is 0 Å². The summed E-state index contributed by atoms with van der Waals surface area (Å²) in [6.45, 7) is 3.75. The van der Waals surface area contributed by atoms with Crippen molar-refractivity contribution < 1.29 is 19.1 Å². The molecule has 0 saturated carbocycles. The fraction of sp³-hybridized carbons (Fsp3) is 0.250. The lowest BCUT2D eigenvalue weighted by atomic mass is 9.84. The molecule has 1 atom stereocenters. The molecule has 1 unspecified atom stereocenters. The minimum absolute atomic E-state index is 0.177. The van der Waals surface area contributed by atoms with Crippen molar-refractivity contribution in [3.05, 3.63) is 84.4 Å². The van der Waals surface area contributed by atoms with Gasteiger partial charge in [-0.3, -0.25) is 14.5 Å². The number of amides is 4. The normalized spacial score (nSPS) is 18.6. The molecular formula is C28H28N4O4. The number of rotatable bonds is 6. The first-order valence-electron chi connectivity index (χ1n) is 12.0. The van der Waals surface area contributed by atoms with Crippen LogP contribution in [0.3, 0.4) is 0 Å². The summed E-state index contributed by atoms with van der Waals surface area (Å²) in [4.78, 5) is 42.5. The second-order valence-corrected chi connectivity index (χ2v) is 9.22. The summed E-state index contributed by atoms with van der Waals surface area (Å²) < 4.78 is 5.68. The molecule has 0 aliphatic carbocycles. The smallest absolute Gasteiger partial charge is 0.325 e. The molecule has 8 nitrogen and oxygen atoms in total. The van der Waals surface area contributed by atoms with E-state index in [9.17, 15) is 14.4 Å². The van der Waals surface area contributed by atoms with Crippen LogP contribution in [-0.2, 0) is 15.1 Å². The molecular weight excluding hydrogens is 456 g/mol. The SMILES string of the molecule is CC(C)N(C(=O)CN1C(=O)NC2(CCOc3ccccc32)C1=O)c1ccc(Nc2ccccc2)cc1. The summed E-state index contributed by atoms with van der Waals surface area (Å²) in [6.07, 6.45) is 0.309. The lowest BCUT2D eigenvalue weighted by Crippen LogP contribution is -2.49. The van der Waals surface area contributed by atoms with E-state index < -0.39 is 17.5 Å². The largest absolute Gasteiger partial charge is 0.493 e. The lowest BCUT2D eigenvalue weighted by molar-refractivity contribution is -0.135. The van der Waals surface area contributed by atoms with Crippen LogP contribution in [-0.4, -0.2) is 41.9 Å². The maximum absolute atomic E-state index is 13.5. The van der Waals surface area contributed by atoms with E-state index in [0.717, 1.165) is 16.3 Å². The Morgan fingerprint density at radius 3 is 2.39 bits per heavy atom. The number of imide groups is 1. The molecule has 36 heavy (non-hydrogen) atoms. The van der Waals surface area contributed by atoms with Gasteiger partial charge in [0.15, 0.2) is 5.54 Å². The van der Waals surface area contributed by atoms with Gasteiger partial charge in [0.05, 0.1) is 6.61 Å². The Balaban J connectivity index is 1.34. The van der Waals surface area contributed by atoms with E-state index in [1.165, 1.54) is 0 Å². The van der Waals surface area contributed by atoms with Crippen molar-refractivity contribution in [2.75, 3.05) is 23.4 Å². The standard InChI is InChI=1S/C28H28N4O4/c1-19(2)32(22-14-12-21(13-15-22)29-20-8-4-3-5-9-20)25(33)18-31-26(34)28(30-27(31)35)16-17-36-24-11-7-6-10-23(24)28/h3-15,19,29H,16-18H2,1-2H3,(H,30,35). The zero-order valence-corrected chi connectivity index (χ0v) is 20.2. The van der Waals surface area contributed by atoms with E-state index in [-0.39, 0.29) is 18.5 Å². The van der Waals surface area contributed by atoms with Crippen LogP contribution in [0.1, 0.15) is 25.8 Å². The molecule has 184 valence electrons. The van der Waals surface area contributed by atoms with Crippen molar-refractivity contribution >= 4 is 34.9 Å². The lowest BCUT2D eigenvalue weighted by Gasteiger charge is -2.33. The van der Waals surface area contributed by atoms with Gasteiger partial charge in [-0.1, -0.05) is 36.4 Å². The van der Waals surface area contributed by atoms with E-state index >= 15 is 0 Å². The van der Waals surface area contributed by atoms with Crippen LogP contribution in [0.25, 0.3) is 0 Å². The number of hydrogen-bond donors (Lipinski definition) is 2. The van der Waals surface area contributed by atoms with Crippen molar-refractivity contribution in [2.24, 2.45) is 0 Å². The number of urea groups is 1. The van der Waals surface area contributed by atoms with Crippen LogP contribution in [0, 0.1) is 0 Å². The van der Waals surface area contributed by atoms with Gasteiger partial charge in [-0.25, -0.2) is 4.79 Å². The van der Waals surface area contributed by atoms with E-state index in [4.69, 9.17) is 4.74 Å². The second kappa shape index (κ2) is 9.37. The molecule has 2 aliphatic rings. The highest BCUT2D eigenvalue weighted by atomic mass is 16.5. The Morgan fingerprint density at radius 1 is 1.00 bits per heavy atom. The summed E-state index contributed by atoms with van der Waals surface area (Å²) in [7, 11) is 0. The van der Waals surface area contributed by atoms with E-state index in [1.54, 1.807) is 23.1 Å². The third-order valence-electron chi connectivity index (χ3n) is 6.54. The number of nitrogens with zero attached hydrogens (tertiary/aromatic N) is 2. The first-order chi connectivity index (χ1) is 17.4. The number of carbonyl (C=O) groups is 3. The highest BCUT2D eigenvalue weighted by Gasteiger charge is 2.55. The van der Waals surface area contributed by atoms with Crippen LogP contribution < -0.4 is 20.3 Å². The molecule has 2 aliphatic heterocycles. The van der Waals surface area contributed by atoms with Gasteiger partial charge in [-0.05, 0) is 56.3 Å². The fourth-order valence-corrected chi connectivity index (χ4v) is 4.85. The Morgan fingerprint density at radius 2 is 1.67 bits per heavy atom. The summed E-state index contributed by atoms with van der Waals surface area (Å²) >= 11 is 0. The van der Waals surface area contributed by atoms with Crippen LogP contribution in [0.4, 0.5) is 21.9 Å². The maximum atomic E-state index is 13.5. The van der Waals surface area contributed by atoms with Gasteiger partial charge in [-0.15, -0.1) is 0 Å². The summed E-state index contributed by atoms with van der Waals surface area (Å²) in [5.74, 6) is -0.198. The Hall–Kier alpha value is -4.33. The predicted molar refractivity (Wildman–Crippen MR) is 137 cm³/mol. The average molecular weight is 485 g/mol. The first-order valence-corrected chi connectivity index (χ1v) is 12.0. The minimum atomic E-state index is -1.21. The zero-order valence-electron chi connectivity index (χ0n) is 20.2. The van der Waals surface area contributed by atoms with Gasteiger partial charge >= 0.3 is 6.03 Å². The molecule has 5 rings (SSSR count). The molecule has 0 aromatic heterocycles. The van der Waals surface area contributed by atoms with Crippen LogP contribution >= 0.6 is 0 Å². The number of ether oxygens (including phenoxy) is 1. The van der Waals surface area contributed by atoms with Crippen molar-refractivity contribution in [3.63, 3.8) is 0 Å². The van der Waals surface area contributed by atoms with Crippen molar-refractivity contribution in [1.29, 1.82) is 0 Å². The summed E-state index contributed by atoms with van der Waals surface area (Å²) in [6, 6.07) is 23.7. The molecule has 4 amide bonds. The fourth-order valence-electron chi connectivity index (χ4n) is 4.85. The number of carbonyl (C=O) groups excluding carboxylic acids is 3. The third-order valence-corrected chi connectivity index (χ3v) is 6.54. The zero-order chi connectivity index (χ0) is 25.3. The van der Waals surface area contributed by atoms with Gasteiger partial charge in [0, 0.05) is 35.1 Å². The summed E-state index contributed by atoms with van der Waals surface area (Å²) in [5.41, 5.74) is 1.94. The molecule has 1 saturated heterocycles. The van der Waals surface area contributed by atoms with Gasteiger partial charge in [0.2, 0.25) is 5.91 Å².